The number of hydrogen-bond acceptors (Lipinski definition) is 4. The summed E-state index contributed by atoms with van der Waals surface area (Å²) in [5.41, 5.74) is 3.02. The minimum atomic E-state index is -3.60. The van der Waals surface area contributed by atoms with Gasteiger partial charge in [-0.1, -0.05) is 12.1 Å². The molecule has 0 heterocycles. The third-order valence-corrected chi connectivity index (χ3v) is 4.96. The molecule has 25 heavy (non-hydrogen) atoms. The molecule has 2 aromatic carbocycles. The van der Waals surface area contributed by atoms with Gasteiger partial charge in [-0.15, -0.1) is 0 Å². The zero-order chi connectivity index (χ0) is 18.6. The van der Waals surface area contributed by atoms with Crippen molar-refractivity contribution >= 4 is 27.3 Å². The molecule has 0 aliphatic rings. The molecule has 0 unspecified atom stereocenters. The SMILES string of the molecule is COc1cccc(NC(=O)CN(c2ccc(C)c(C)c2)S(C)(=O)=O)c1. The highest BCUT2D eigenvalue weighted by molar-refractivity contribution is 7.92. The smallest absolute Gasteiger partial charge is 0.245 e. The number of rotatable bonds is 6. The van der Waals surface area contributed by atoms with E-state index in [-0.39, 0.29) is 6.54 Å². The largest absolute Gasteiger partial charge is 0.497 e. The number of carbonyl (C=O) groups excluding carboxylic acids is 1. The lowest BCUT2D eigenvalue weighted by atomic mass is 10.1. The van der Waals surface area contributed by atoms with Crippen LogP contribution in [0.15, 0.2) is 42.5 Å². The van der Waals surface area contributed by atoms with Crippen molar-refractivity contribution in [1.29, 1.82) is 0 Å². The van der Waals surface area contributed by atoms with Crippen LogP contribution in [0, 0.1) is 13.8 Å². The average Bonchev–Trinajstić information content (AvgIpc) is 2.54. The number of aryl methyl sites for hydroxylation is 2. The molecule has 1 N–H and O–H groups in total. The van der Waals surface area contributed by atoms with E-state index in [1.54, 1.807) is 36.4 Å². The lowest BCUT2D eigenvalue weighted by Gasteiger charge is -2.22. The Balaban J connectivity index is 2.22. The fourth-order valence-electron chi connectivity index (χ4n) is 2.31. The average molecular weight is 362 g/mol. The maximum atomic E-state index is 12.3. The van der Waals surface area contributed by atoms with E-state index in [9.17, 15) is 13.2 Å². The number of anilines is 2. The molecule has 0 fully saturated rings. The molecule has 7 heteroatoms. The number of sulfonamides is 1. The number of hydrogen-bond donors (Lipinski definition) is 1. The second-order valence-corrected chi connectivity index (χ2v) is 7.73. The van der Waals surface area contributed by atoms with Crippen LogP contribution in [0.3, 0.4) is 0 Å². The molecular formula is C18H22N2O4S. The first-order valence-corrected chi connectivity index (χ1v) is 9.54. The van der Waals surface area contributed by atoms with Crippen molar-refractivity contribution in [1.82, 2.24) is 0 Å². The second kappa shape index (κ2) is 7.57. The molecule has 0 aliphatic heterocycles. The Hall–Kier alpha value is -2.54. The number of ether oxygens (including phenoxy) is 1. The van der Waals surface area contributed by atoms with Gasteiger partial charge in [0, 0.05) is 11.8 Å². The first kappa shape index (κ1) is 18.8. The van der Waals surface area contributed by atoms with E-state index in [2.05, 4.69) is 5.32 Å². The van der Waals surface area contributed by atoms with Gasteiger partial charge in [-0.05, 0) is 49.2 Å². The van der Waals surface area contributed by atoms with Crippen molar-refractivity contribution in [2.24, 2.45) is 0 Å². The van der Waals surface area contributed by atoms with Gasteiger partial charge >= 0.3 is 0 Å². The monoisotopic (exact) mass is 362 g/mol. The molecular weight excluding hydrogens is 340 g/mol. The summed E-state index contributed by atoms with van der Waals surface area (Å²) in [7, 11) is -2.07. The number of nitrogens with one attached hydrogen (secondary N) is 1. The van der Waals surface area contributed by atoms with Crippen molar-refractivity contribution in [2.45, 2.75) is 13.8 Å². The Bertz CT molecular complexity index is 878. The molecule has 0 spiro atoms. The van der Waals surface area contributed by atoms with Crippen LogP contribution < -0.4 is 14.4 Å². The fourth-order valence-corrected chi connectivity index (χ4v) is 3.16. The Morgan fingerprint density at radius 1 is 1.12 bits per heavy atom. The van der Waals surface area contributed by atoms with Crippen LogP contribution in [0.1, 0.15) is 11.1 Å². The van der Waals surface area contributed by atoms with Crippen molar-refractivity contribution in [3.05, 3.63) is 53.6 Å². The van der Waals surface area contributed by atoms with Crippen LogP contribution in [-0.4, -0.2) is 34.2 Å². The molecule has 0 saturated heterocycles. The quantitative estimate of drug-likeness (QED) is 0.857. The molecule has 6 nitrogen and oxygen atoms in total. The van der Waals surface area contributed by atoms with Crippen molar-refractivity contribution in [3.63, 3.8) is 0 Å². The normalized spacial score (nSPS) is 11.0. The van der Waals surface area contributed by atoms with Gasteiger partial charge in [0.2, 0.25) is 15.9 Å². The Morgan fingerprint density at radius 3 is 2.44 bits per heavy atom. The standard InChI is InChI=1S/C18H22N2O4S/c1-13-8-9-16(10-14(13)2)20(25(4,22)23)12-18(21)19-15-6-5-7-17(11-15)24-3/h5-11H,12H2,1-4H3,(H,19,21). The third kappa shape index (κ3) is 4.96. The molecule has 2 aromatic rings. The van der Waals surface area contributed by atoms with Crippen molar-refractivity contribution < 1.29 is 17.9 Å². The maximum absolute atomic E-state index is 12.3. The molecule has 0 radical (unpaired) electrons. The molecule has 2 rings (SSSR count). The summed E-state index contributed by atoms with van der Waals surface area (Å²) in [5.74, 6) is 0.170. The van der Waals surface area contributed by atoms with Crippen LogP contribution in [0.4, 0.5) is 11.4 Å². The van der Waals surface area contributed by atoms with E-state index in [0.29, 0.717) is 17.1 Å². The predicted octanol–water partition coefficient (Wildman–Crippen LogP) is 2.72. The Kier molecular flexibility index (Phi) is 5.69. The zero-order valence-corrected chi connectivity index (χ0v) is 15.6. The predicted molar refractivity (Wildman–Crippen MR) is 99.7 cm³/mol. The Labute approximate surface area is 148 Å². The van der Waals surface area contributed by atoms with Gasteiger partial charge in [0.1, 0.15) is 12.3 Å². The molecule has 134 valence electrons. The molecule has 0 atom stereocenters. The van der Waals surface area contributed by atoms with Crippen LogP contribution >= 0.6 is 0 Å². The summed E-state index contributed by atoms with van der Waals surface area (Å²) in [5, 5.41) is 2.69. The van der Waals surface area contributed by atoms with Crippen LogP contribution in [-0.2, 0) is 14.8 Å². The number of nitrogens with zero attached hydrogens (tertiary/aromatic N) is 1. The van der Waals surface area contributed by atoms with E-state index in [1.807, 2.05) is 19.9 Å². The number of amides is 1. The van der Waals surface area contributed by atoms with Crippen LogP contribution in [0.25, 0.3) is 0 Å². The fraction of sp³-hybridized carbons (Fsp3) is 0.278. The second-order valence-electron chi connectivity index (χ2n) is 5.82. The minimum absolute atomic E-state index is 0.307. The highest BCUT2D eigenvalue weighted by atomic mass is 32.2. The first-order chi connectivity index (χ1) is 11.7. The summed E-state index contributed by atoms with van der Waals surface area (Å²) < 4.78 is 30.5. The van der Waals surface area contributed by atoms with E-state index in [4.69, 9.17) is 4.74 Å². The van der Waals surface area contributed by atoms with E-state index in [1.165, 1.54) is 7.11 Å². The third-order valence-electron chi connectivity index (χ3n) is 3.82. The van der Waals surface area contributed by atoms with Gasteiger partial charge < -0.3 is 10.1 Å². The lowest BCUT2D eigenvalue weighted by Crippen LogP contribution is -2.37. The van der Waals surface area contributed by atoms with E-state index in [0.717, 1.165) is 21.7 Å². The molecule has 1 amide bonds. The minimum Gasteiger partial charge on any atom is -0.497 e. The summed E-state index contributed by atoms with van der Waals surface area (Å²) in [6.45, 7) is 3.54. The van der Waals surface area contributed by atoms with Gasteiger partial charge in [0.15, 0.2) is 0 Å². The topological polar surface area (TPSA) is 75.7 Å². The van der Waals surface area contributed by atoms with Crippen LogP contribution in [0.5, 0.6) is 5.75 Å². The number of carbonyl (C=O) groups is 1. The number of benzene rings is 2. The van der Waals surface area contributed by atoms with Gasteiger partial charge in [0.25, 0.3) is 0 Å². The highest BCUT2D eigenvalue weighted by Crippen LogP contribution is 2.22. The van der Waals surface area contributed by atoms with Crippen molar-refractivity contribution in [2.75, 3.05) is 29.5 Å². The van der Waals surface area contributed by atoms with Crippen LogP contribution in [0.2, 0.25) is 0 Å². The molecule has 0 aliphatic carbocycles. The molecule has 0 bridgehead atoms. The number of methoxy groups -OCH3 is 1. The van der Waals surface area contributed by atoms with E-state index < -0.39 is 15.9 Å². The van der Waals surface area contributed by atoms with Gasteiger partial charge in [-0.2, -0.15) is 0 Å². The lowest BCUT2D eigenvalue weighted by molar-refractivity contribution is -0.114. The zero-order valence-electron chi connectivity index (χ0n) is 14.7. The first-order valence-electron chi connectivity index (χ1n) is 7.69. The van der Waals surface area contributed by atoms with Crippen molar-refractivity contribution in [3.8, 4) is 5.75 Å². The summed E-state index contributed by atoms with van der Waals surface area (Å²) in [6, 6.07) is 12.2. The van der Waals surface area contributed by atoms with Gasteiger partial charge in [-0.3, -0.25) is 9.10 Å². The molecule has 0 aromatic heterocycles. The highest BCUT2D eigenvalue weighted by Gasteiger charge is 2.21. The Morgan fingerprint density at radius 2 is 1.84 bits per heavy atom. The van der Waals surface area contributed by atoms with Gasteiger partial charge in [-0.25, -0.2) is 8.42 Å². The molecule has 0 saturated carbocycles. The maximum Gasteiger partial charge on any atom is 0.245 e. The van der Waals surface area contributed by atoms with Gasteiger partial charge in [0.05, 0.1) is 19.1 Å². The summed E-state index contributed by atoms with van der Waals surface area (Å²) in [6.07, 6.45) is 1.08. The summed E-state index contributed by atoms with van der Waals surface area (Å²) >= 11 is 0. The summed E-state index contributed by atoms with van der Waals surface area (Å²) in [4.78, 5) is 12.3. The van der Waals surface area contributed by atoms with E-state index >= 15 is 0 Å².